The molecule has 2 N–H and O–H groups in total. The predicted molar refractivity (Wildman–Crippen MR) is 132 cm³/mol. The molecule has 3 heterocycles. The van der Waals surface area contributed by atoms with E-state index in [1.54, 1.807) is 26.0 Å². The summed E-state index contributed by atoms with van der Waals surface area (Å²) in [4.78, 5) is 27.9. The van der Waals surface area contributed by atoms with Crippen LogP contribution in [0.25, 0.3) is 0 Å². The number of carbonyl (C=O) groups is 2. The van der Waals surface area contributed by atoms with Crippen molar-refractivity contribution >= 4 is 17.6 Å². The molecule has 5 rings (SSSR count). The third-order valence-electron chi connectivity index (χ3n) is 7.16. The Morgan fingerprint density at radius 1 is 1.08 bits per heavy atom. The van der Waals surface area contributed by atoms with Crippen LogP contribution in [0.3, 0.4) is 0 Å². The van der Waals surface area contributed by atoms with E-state index in [0.717, 1.165) is 31.0 Å². The van der Waals surface area contributed by atoms with Gasteiger partial charge in [0.2, 0.25) is 0 Å². The van der Waals surface area contributed by atoms with Crippen molar-refractivity contribution in [2.75, 3.05) is 11.9 Å². The van der Waals surface area contributed by atoms with Crippen LogP contribution in [-0.2, 0) is 6.18 Å². The van der Waals surface area contributed by atoms with Crippen LogP contribution in [0.4, 0.5) is 19.0 Å². The Morgan fingerprint density at radius 2 is 1.84 bits per heavy atom. The minimum atomic E-state index is -4.64. The monoisotopic (exact) mass is 513 g/mol. The van der Waals surface area contributed by atoms with Gasteiger partial charge in [-0.1, -0.05) is 18.2 Å². The number of nitrogens with one attached hydrogen (secondary N) is 2. The van der Waals surface area contributed by atoms with Crippen LogP contribution in [0.1, 0.15) is 101 Å². The topological polar surface area (TPSA) is 83.0 Å². The molecular weight excluding hydrogens is 483 g/mol. The molecule has 0 bridgehead atoms. The summed E-state index contributed by atoms with van der Waals surface area (Å²) in [5.74, 6) is -0.201. The summed E-state index contributed by atoms with van der Waals surface area (Å²) in [6, 6.07) is 8.48. The Labute approximate surface area is 213 Å². The molecule has 1 aliphatic carbocycles. The van der Waals surface area contributed by atoms with E-state index in [0.29, 0.717) is 42.4 Å². The van der Waals surface area contributed by atoms with Gasteiger partial charge in [-0.25, -0.2) is 0 Å². The van der Waals surface area contributed by atoms with Gasteiger partial charge in [-0.15, -0.1) is 0 Å². The van der Waals surface area contributed by atoms with Crippen molar-refractivity contribution in [3.05, 3.63) is 70.7 Å². The number of amides is 2. The molecule has 2 amide bonds. The number of aromatic amines is 1. The number of nitrogens with zero attached hydrogens (tertiary/aromatic N) is 3. The molecule has 1 aliphatic heterocycles. The maximum atomic E-state index is 13.8. The van der Waals surface area contributed by atoms with E-state index in [4.69, 9.17) is 0 Å². The standard InChI is InChI=1S/C27H30F3N5O2/c1-16(2)34-14-20(21(15-34)27(28,29)30)26(37)35-12-6-5-9-23(35)22-13-24(33-32-22)31-25(36)19-8-4-3-7-18(19)17-10-11-17/h3-4,7-8,13-17,23H,5-6,9-12H2,1-2H3,(H2,31,32,33,36). The van der Waals surface area contributed by atoms with Gasteiger partial charge in [0, 0.05) is 36.6 Å². The van der Waals surface area contributed by atoms with Crippen molar-refractivity contribution < 1.29 is 22.8 Å². The molecule has 1 saturated carbocycles. The van der Waals surface area contributed by atoms with Gasteiger partial charge in [0.1, 0.15) is 0 Å². The fraction of sp³-hybridized carbons (Fsp3) is 0.444. The highest BCUT2D eigenvalue weighted by Crippen LogP contribution is 2.42. The van der Waals surface area contributed by atoms with Crippen LogP contribution in [0.2, 0.25) is 0 Å². The van der Waals surface area contributed by atoms with E-state index in [-0.39, 0.29) is 17.5 Å². The lowest BCUT2D eigenvalue weighted by Crippen LogP contribution is -2.39. The SMILES string of the molecule is CC(C)n1cc(C(=O)N2CCCCC2c2cc(NC(=O)c3ccccc3C3CC3)n[nH]2)c(C(F)(F)F)c1. The fourth-order valence-electron chi connectivity index (χ4n) is 5.03. The number of alkyl halides is 3. The molecule has 1 aromatic carbocycles. The normalized spacial score (nSPS) is 18.3. The number of H-pyrrole nitrogens is 1. The molecule has 0 spiro atoms. The summed E-state index contributed by atoms with van der Waals surface area (Å²) in [6.45, 7) is 3.87. The Kier molecular flexibility index (Phi) is 6.59. The molecule has 2 fully saturated rings. The Hall–Kier alpha value is -3.56. The number of piperidine rings is 1. The zero-order chi connectivity index (χ0) is 26.3. The van der Waals surface area contributed by atoms with Crippen molar-refractivity contribution in [2.45, 2.75) is 70.1 Å². The first-order chi connectivity index (χ1) is 17.6. The Bertz CT molecular complexity index is 1310. The molecule has 1 saturated heterocycles. The average molecular weight is 514 g/mol. The van der Waals surface area contributed by atoms with Gasteiger partial charge < -0.3 is 14.8 Å². The van der Waals surface area contributed by atoms with E-state index < -0.39 is 23.7 Å². The molecule has 3 aromatic rings. The highest BCUT2D eigenvalue weighted by Gasteiger charge is 2.40. The Balaban J connectivity index is 1.38. The largest absolute Gasteiger partial charge is 0.418 e. The molecule has 0 radical (unpaired) electrons. The molecule has 1 atom stereocenters. The van der Waals surface area contributed by atoms with E-state index in [1.165, 1.54) is 15.7 Å². The van der Waals surface area contributed by atoms with Gasteiger partial charge >= 0.3 is 6.18 Å². The van der Waals surface area contributed by atoms with Crippen molar-refractivity contribution in [2.24, 2.45) is 0 Å². The third-order valence-corrected chi connectivity index (χ3v) is 7.16. The second-order valence-corrected chi connectivity index (χ2v) is 10.2. The molecule has 7 nitrogen and oxygen atoms in total. The summed E-state index contributed by atoms with van der Waals surface area (Å²) in [5, 5.41) is 9.94. The summed E-state index contributed by atoms with van der Waals surface area (Å²) in [6.07, 6.45) is 1.89. The summed E-state index contributed by atoms with van der Waals surface area (Å²) in [5.41, 5.74) is 0.933. The van der Waals surface area contributed by atoms with Crippen molar-refractivity contribution in [1.82, 2.24) is 19.7 Å². The first kappa shape index (κ1) is 25.1. The maximum Gasteiger partial charge on any atom is 0.418 e. The molecule has 196 valence electrons. The van der Waals surface area contributed by atoms with E-state index in [9.17, 15) is 22.8 Å². The average Bonchev–Trinajstić information content (AvgIpc) is 3.43. The summed E-state index contributed by atoms with van der Waals surface area (Å²) in [7, 11) is 0. The lowest BCUT2D eigenvalue weighted by atomic mass is 9.98. The molecule has 10 heteroatoms. The number of rotatable bonds is 6. The number of benzene rings is 1. The highest BCUT2D eigenvalue weighted by atomic mass is 19.4. The van der Waals surface area contributed by atoms with Crippen LogP contribution in [-0.4, -0.2) is 38.0 Å². The second kappa shape index (κ2) is 9.72. The number of carbonyl (C=O) groups excluding carboxylic acids is 2. The second-order valence-electron chi connectivity index (χ2n) is 10.2. The van der Waals surface area contributed by atoms with Crippen LogP contribution >= 0.6 is 0 Å². The van der Waals surface area contributed by atoms with Crippen molar-refractivity contribution in [1.29, 1.82) is 0 Å². The molecular formula is C27H30F3N5O2. The van der Waals surface area contributed by atoms with E-state index >= 15 is 0 Å². The Morgan fingerprint density at radius 3 is 2.54 bits per heavy atom. The first-order valence-corrected chi connectivity index (χ1v) is 12.7. The fourth-order valence-corrected chi connectivity index (χ4v) is 5.03. The van der Waals surface area contributed by atoms with Gasteiger partial charge in [0.15, 0.2) is 5.82 Å². The summed E-state index contributed by atoms with van der Waals surface area (Å²) < 4.78 is 42.8. The summed E-state index contributed by atoms with van der Waals surface area (Å²) >= 11 is 0. The third kappa shape index (κ3) is 5.14. The maximum absolute atomic E-state index is 13.8. The number of hydrogen-bond acceptors (Lipinski definition) is 3. The number of anilines is 1. The van der Waals surface area contributed by atoms with E-state index in [1.807, 2.05) is 18.2 Å². The molecule has 1 unspecified atom stereocenters. The minimum Gasteiger partial charge on any atom is -0.350 e. The van der Waals surface area contributed by atoms with Crippen LogP contribution < -0.4 is 5.32 Å². The van der Waals surface area contributed by atoms with Crippen LogP contribution in [0.5, 0.6) is 0 Å². The quantitative estimate of drug-likeness (QED) is 0.405. The predicted octanol–water partition coefficient (Wildman–Crippen LogP) is 6.31. The number of halogens is 3. The van der Waals surface area contributed by atoms with Crippen molar-refractivity contribution in [3.63, 3.8) is 0 Å². The number of likely N-dealkylation sites (tertiary alicyclic amines) is 1. The van der Waals surface area contributed by atoms with E-state index in [2.05, 4.69) is 15.5 Å². The zero-order valence-electron chi connectivity index (χ0n) is 20.8. The highest BCUT2D eigenvalue weighted by molar-refractivity contribution is 6.05. The van der Waals surface area contributed by atoms with Gasteiger partial charge in [-0.2, -0.15) is 18.3 Å². The zero-order valence-corrected chi connectivity index (χ0v) is 20.8. The number of aromatic nitrogens is 3. The van der Waals surface area contributed by atoms with Gasteiger partial charge in [-0.3, -0.25) is 14.7 Å². The lowest BCUT2D eigenvalue weighted by Gasteiger charge is -2.35. The lowest BCUT2D eigenvalue weighted by molar-refractivity contribution is -0.138. The van der Waals surface area contributed by atoms with Crippen molar-refractivity contribution in [3.8, 4) is 0 Å². The van der Waals surface area contributed by atoms with Crippen LogP contribution in [0.15, 0.2) is 42.7 Å². The van der Waals surface area contributed by atoms with Gasteiger partial charge in [-0.05, 0) is 63.5 Å². The van der Waals surface area contributed by atoms with Gasteiger partial charge in [0.25, 0.3) is 11.8 Å². The first-order valence-electron chi connectivity index (χ1n) is 12.7. The smallest absolute Gasteiger partial charge is 0.350 e. The minimum absolute atomic E-state index is 0.219. The molecule has 37 heavy (non-hydrogen) atoms. The van der Waals surface area contributed by atoms with Crippen LogP contribution in [0, 0.1) is 0 Å². The number of hydrogen-bond donors (Lipinski definition) is 2. The molecule has 2 aromatic heterocycles. The molecule has 2 aliphatic rings. The van der Waals surface area contributed by atoms with Gasteiger partial charge in [0.05, 0.1) is 22.9 Å².